The molecule has 3 heterocycles. The largest absolute Gasteiger partial charge is 0.465 e. The maximum absolute atomic E-state index is 10.8. The van der Waals surface area contributed by atoms with E-state index in [0.717, 1.165) is 21.7 Å². The number of hydrogen-bond donors (Lipinski definition) is 2. The van der Waals surface area contributed by atoms with Gasteiger partial charge >= 0.3 is 6.09 Å². The summed E-state index contributed by atoms with van der Waals surface area (Å²) in [5.41, 5.74) is 2.55. The van der Waals surface area contributed by atoms with Crippen molar-refractivity contribution >= 4 is 34.8 Å². The molecule has 0 aliphatic heterocycles. The minimum atomic E-state index is -1.15. The quantitative estimate of drug-likeness (QED) is 0.684. The van der Waals surface area contributed by atoms with Crippen molar-refractivity contribution in [1.82, 2.24) is 14.8 Å². The molecule has 124 valence electrons. The summed E-state index contributed by atoms with van der Waals surface area (Å²) in [5.74, 6) is 0.271. The summed E-state index contributed by atoms with van der Waals surface area (Å²) in [6, 6.07) is 7.48. The van der Waals surface area contributed by atoms with Crippen molar-refractivity contribution in [3.63, 3.8) is 0 Å². The number of amides is 1. The average Bonchev–Trinajstić information content (AvgIpc) is 3.13. The third-order valence-corrected chi connectivity index (χ3v) is 4.61. The monoisotopic (exact) mass is 362 g/mol. The van der Waals surface area contributed by atoms with Crippen LogP contribution in [0.3, 0.4) is 0 Å². The van der Waals surface area contributed by atoms with Gasteiger partial charge in [-0.1, -0.05) is 11.6 Å². The van der Waals surface area contributed by atoms with Crippen molar-refractivity contribution in [2.75, 3.05) is 5.32 Å². The molecule has 0 unspecified atom stereocenters. The number of hydrogen-bond acceptors (Lipinski definition) is 4. The predicted molar refractivity (Wildman–Crippen MR) is 95.8 cm³/mol. The van der Waals surface area contributed by atoms with Crippen LogP contribution in [0.5, 0.6) is 0 Å². The summed E-state index contributed by atoms with van der Waals surface area (Å²) >= 11 is 7.51. The number of carboxylic acid groups (broad SMARTS) is 1. The highest BCUT2D eigenvalue weighted by Gasteiger charge is 2.17. The molecule has 0 saturated heterocycles. The zero-order chi connectivity index (χ0) is 17.3. The lowest BCUT2D eigenvalue weighted by Crippen LogP contribution is -2.08. The Bertz CT molecular complexity index is 888. The molecule has 0 aliphatic carbocycles. The van der Waals surface area contributed by atoms with Gasteiger partial charge in [0, 0.05) is 24.0 Å². The molecule has 0 aliphatic rings. The van der Waals surface area contributed by atoms with Gasteiger partial charge in [-0.2, -0.15) is 5.10 Å². The number of halogens is 1. The molecule has 1 amide bonds. The highest BCUT2D eigenvalue weighted by atomic mass is 35.5. The summed E-state index contributed by atoms with van der Waals surface area (Å²) in [4.78, 5) is 15.8. The number of nitrogens with one attached hydrogen (secondary N) is 1. The van der Waals surface area contributed by atoms with Crippen LogP contribution in [-0.4, -0.2) is 26.0 Å². The van der Waals surface area contributed by atoms with Gasteiger partial charge in [-0.25, -0.2) is 9.78 Å². The van der Waals surface area contributed by atoms with E-state index in [4.69, 9.17) is 16.7 Å². The summed E-state index contributed by atoms with van der Waals surface area (Å²) in [6.45, 7) is 4.10. The van der Waals surface area contributed by atoms with Crippen molar-refractivity contribution in [3.05, 3.63) is 41.0 Å². The lowest BCUT2D eigenvalue weighted by atomic mass is 10.1. The molecule has 24 heavy (non-hydrogen) atoms. The van der Waals surface area contributed by atoms with E-state index in [1.807, 2.05) is 42.9 Å². The average molecular weight is 363 g/mol. The van der Waals surface area contributed by atoms with Crippen molar-refractivity contribution in [2.45, 2.75) is 19.9 Å². The Balaban J connectivity index is 2.11. The fourth-order valence-electron chi connectivity index (χ4n) is 2.27. The number of carbonyl (C=O) groups is 1. The lowest BCUT2D eigenvalue weighted by Gasteiger charge is -2.04. The standard InChI is InChI=1S/C16H15ClN4O2S/c1-9(2)21-8-11(15(20-21)12-3-4-13(17)24-12)10-5-6-18-14(7-10)19-16(22)23/h3-9H,1-2H3,(H,18,19)(H,22,23). The number of thiophene rings is 1. The van der Waals surface area contributed by atoms with Crippen molar-refractivity contribution < 1.29 is 9.90 Å². The molecule has 0 bridgehead atoms. The first kappa shape index (κ1) is 16.5. The zero-order valence-electron chi connectivity index (χ0n) is 13.0. The molecule has 0 spiro atoms. The molecule has 0 fully saturated rings. The molecule has 6 nitrogen and oxygen atoms in total. The lowest BCUT2D eigenvalue weighted by molar-refractivity contribution is 0.209. The number of pyridine rings is 1. The SMILES string of the molecule is CC(C)n1cc(-c2ccnc(NC(=O)O)c2)c(-c2ccc(Cl)s2)n1. The number of rotatable bonds is 4. The molecular formula is C16H15ClN4O2S. The maximum atomic E-state index is 10.8. The minimum Gasteiger partial charge on any atom is -0.465 e. The predicted octanol–water partition coefficient (Wildman–Crippen LogP) is 5.00. The molecule has 0 saturated carbocycles. The van der Waals surface area contributed by atoms with Gasteiger partial charge in [-0.15, -0.1) is 11.3 Å². The van der Waals surface area contributed by atoms with E-state index < -0.39 is 6.09 Å². The summed E-state index contributed by atoms with van der Waals surface area (Å²) in [6.07, 6.45) is 2.37. The van der Waals surface area contributed by atoms with Crippen LogP contribution in [0.1, 0.15) is 19.9 Å². The van der Waals surface area contributed by atoms with E-state index in [1.54, 1.807) is 12.3 Å². The molecule has 3 aromatic rings. The van der Waals surface area contributed by atoms with Gasteiger partial charge in [-0.3, -0.25) is 10.00 Å². The fourth-order valence-corrected chi connectivity index (χ4v) is 3.31. The molecule has 0 aromatic carbocycles. The van der Waals surface area contributed by atoms with Crippen molar-refractivity contribution in [2.24, 2.45) is 0 Å². The molecule has 3 aromatic heterocycles. The second-order valence-corrected chi connectivity index (χ2v) is 7.14. The molecule has 0 atom stereocenters. The Hall–Kier alpha value is -2.38. The van der Waals surface area contributed by atoms with Crippen LogP contribution in [0.25, 0.3) is 21.7 Å². The van der Waals surface area contributed by atoms with E-state index in [2.05, 4.69) is 15.4 Å². The Morgan fingerprint density at radius 2 is 2.17 bits per heavy atom. The van der Waals surface area contributed by atoms with Gasteiger partial charge in [0.2, 0.25) is 0 Å². The van der Waals surface area contributed by atoms with E-state index in [9.17, 15) is 4.79 Å². The normalized spacial score (nSPS) is 11.0. The van der Waals surface area contributed by atoms with Crippen LogP contribution < -0.4 is 5.32 Å². The van der Waals surface area contributed by atoms with Crippen LogP contribution in [0.2, 0.25) is 4.34 Å². The van der Waals surface area contributed by atoms with Gasteiger partial charge in [0.15, 0.2) is 0 Å². The zero-order valence-corrected chi connectivity index (χ0v) is 14.6. The van der Waals surface area contributed by atoms with Crippen LogP contribution in [0, 0.1) is 0 Å². The molecular weight excluding hydrogens is 348 g/mol. The van der Waals surface area contributed by atoms with Crippen molar-refractivity contribution in [3.8, 4) is 21.7 Å². The van der Waals surface area contributed by atoms with Crippen LogP contribution in [-0.2, 0) is 0 Å². The molecule has 0 radical (unpaired) electrons. The van der Waals surface area contributed by atoms with E-state index >= 15 is 0 Å². The van der Waals surface area contributed by atoms with Crippen LogP contribution >= 0.6 is 22.9 Å². The molecule has 8 heteroatoms. The van der Waals surface area contributed by atoms with Gasteiger partial charge in [-0.05, 0) is 43.7 Å². The first-order valence-electron chi connectivity index (χ1n) is 7.25. The van der Waals surface area contributed by atoms with Crippen LogP contribution in [0.4, 0.5) is 10.6 Å². The Labute approximate surface area is 147 Å². The Kier molecular flexibility index (Phi) is 4.55. The van der Waals surface area contributed by atoms with Gasteiger partial charge in [0.1, 0.15) is 11.5 Å². The molecule has 2 N–H and O–H groups in total. The topological polar surface area (TPSA) is 80.0 Å². The second kappa shape index (κ2) is 6.62. The third kappa shape index (κ3) is 3.42. The number of aromatic nitrogens is 3. The van der Waals surface area contributed by atoms with Gasteiger partial charge in [0.25, 0.3) is 0 Å². The smallest absolute Gasteiger partial charge is 0.410 e. The maximum Gasteiger partial charge on any atom is 0.410 e. The highest BCUT2D eigenvalue weighted by Crippen LogP contribution is 2.37. The summed E-state index contributed by atoms with van der Waals surface area (Å²) in [7, 11) is 0. The van der Waals surface area contributed by atoms with E-state index in [-0.39, 0.29) is 11.9 Å². The Morgan fingerprint density at radius 1 is 1.38 bits per heavy atom. The summed E-state index contributed by atoms with van der Waals surface area (Å²) < 4.78 is 2.57. The highest BCUT2D eigenvalue weighted by molar-refractivity contribution is 7.19. The minimum absolute atomic E-state index is 0.200. The Morgan fingerprint density at radius 3 is 2.79 bits per heavy atom. The van der Waals surface area contributed by atoms with Crippen molar-refractivity contribution in [1.29, 1.82) is 0 Å². The third-order valence-electron chi connectivity index (χ3n) is 3.37. The fraction of sp³-hybridized carbons (Fsp3) is 0.188. The summed E-state index contributed by atoms with van der Waals surface area (Å²) in [5, 5.41) is 15.8. The van der Waals surface area contributed by atoms with Crippen LogP contribution in [0.15, 0.2) is 36.7 Å². The first-order valence-corrected chi connectivity index (χ1v) is 8.44. The van der Waals surface area contributed by atoms with Gasteiger partial charge in [0.05, 0.1) is 9.21 Å². The van der Waals surface area contributed by atoms with E-state index in [1.165, 1.54) is 11.3 Å². The van der Waals surface area contributed by atoms with E-state index in [0.29, 0.717) is 4.34 Å². The second-order valence-electron chi connectivity index (χ2n) is 5.43. The van der Waals surface area contributed by atoms with Gasteiger partial charge < -0.3 is 5.11 Å². The number of nitrogens with zero attached hydrogens (tertiary/aromatic N) is 3. The number of anilines is 1. The first-order chi connectivity index (χ1) is 11.4. The molecule has 3 rings (SSSR count).